The van der Waals surface area contributed by atoms with Gasteiger partial charge in [0, 0.05) is 37.8 Å². The molecule has 2 heterocycles. The van der Waals surface area contributed by atoms with Gasteiger partial charge in [-0.2, -0.15) is 0 Å². The number of amides is 1. The molecule has 0 bridgehead atoms. The molecule has 0 aromatic carbocycles. The second kappa shape index (κ2) is 9.72. The smallest absolute Gasteiger partial charge is 0.234 e. The molecule has 146 valence electrons. The van der Waals surface area contributed by atoms with Gasteiger partial charge in [0.15, 0.2) is 0 Å². The maximum Gasteiger partial charge on any atom is 0.234 e. The van der Waals surface area contributed by atoms with E-state index in [9.17, 15) is 4.79 Å². The van der Waals surface area contributed by atoms with Gasteiger partial charge in [-0.05, 0) is 32.6 Å². The number of likely N-dealkylation sites (N-methyl/N-ethyl adjacent to an activating group) is 1. The summed E-state index contributed by atoms with van der Waals surface area (Å²) in [6.45, 7) is 7.43. The molecule has 1 fully saturated rings. The first-order valence-electron chi connectivity index (χ1n) is 9.34. The SMILES string of the molecule is CCNC(=O)CN1[C@H](CC)CC(N(C)c2nc(Cl)cc(Cl)n2)C[C@@H]1CC. The van der Waals surface area contributed by atoms with E-state index in [0.29, 0.717) is 41.4 Å². The zero-order chi connectivity index (χ0) is 19.3. The van der Waals surface area contributed by atoms with Crippen molar-refractivity contribution in [3.8, 4) is 0 Å². The summed E-state index contributed by atoms with van der Waals surface area (Å²) >= 11 is 12.1. The normalized spacial score (nSPS) is 23.7. The lowest BCUT2D eigenvalue weighted by molar-refractivity contribution is -0.124. The maximum atomic E-state index is 12.1. The van der Waals surface area contributed by atoms with E-state index in [2.05, 4.69) is 38.9 Å². The fraction of sp³-hybridized carbons (Fsp3) is 0.722. The highest BCUT2D eigenvalue weighted by atomic mass is 35.5. The summed E-state index contributed by atoms with van der Waals surface area (Å²) < 4.78 is 0. The molecule has 1 aliphatic heterocycles. The molecular formula is C18H29Cl2N5O. The topological polar surface area (TPSA) is 61.4 Å². The van der Waals surface area contributed by atoms with Gasteiger partial charge in [-0.15, -0.1) is 0 Å². The minimum absolute atomic E-state index is 0.0983. The molecule has 0 spiro atoms. The van der Waals surface area contributed by atoms with Crippen molar-refractivity contribution in [3.05, 3.63) is 16.4 Å². The molecule has 1 aliphatic rings. The largest absolute Gasteiger partial charge is 0.355 e. The Morgan fingerprint density at radius 2 is 1.73 bits per heavy atom. The summed E-state index contributed by atoms with van der Waals surface area (Å²) in [6.07, 6.45) is 3.90. The van der Waals surface area contributed by atoms with Gasteiger partial charge in [0.1, 0.15) is 10.3 Å². The van der Waals surface area contributed by atoms with Gasteiger partial charge in [0.25, 0.3) is 0 Å². The fourth-order valence-corrected chi connectivity index (χ4v) is 4.20. The van der Waals surface area contributed by atoms with Gasteiger partial charge in [0.05, 0.1) is 6.54 Å². The fourth-order valence-electron chi connectivity index (χ4n) is 3.79. The highest BCUT2D eigenvalue weighted by Gasteiger charge is 2.37. The Morgan fingerprint density at radius 3 is 2.19 bits per heavy atom. The Balaban J connectivity index is 2.16. The van der Waals surface area contributed by atoms with E-state index in [1.165, 1.54) is 0 Å². The van der Waals surface area contributed by atoms with Crippen molar-refractivity contribution in [2.45, 2.75) is 64.6 Å². The Bertz CT molecular complexity index is 581. The quantitative estimate of drug-likeness (QED) is 0.709. The van der Waals surface area contributed by atoms with Crippen molar-refractivity contribution in [2.24, 2.45) is 0 Å². The first-order chi connectivity index (χ1) is 12.4. The van der Waals surface area contributed by atoms with Crippen molar-refractivity contribution in [3.63, 3.8) is 0 Å². The minimum Gasteiger partial charge on any atom is -0.355 e. The first kappa shape index (κ1) is 21.2. The number of carbonyl (C=O) groups excluding carboxylic acids is 1. The third kappa shape index (κ3) is 5.21. The Hall–Kier alpha value is -1.11. The van der Waals surface area contributed by atoms with E-state index in [0.717, 1.165) is 25.7 Å². The standard InChI is InChI=1S/C18H29Cl2N5O/c1-5-12-8-14(24(4)18-22-15(19)10-16(20)23-18)9-13(6-2)25(12)11-17(26)21-7-3/h10,12-14H,5-9,11H2,1-4H3,(H,21,26)/t12-,13+,14?. The molecule has 0 saturated carbocycles. The Labute approximate surface area is 166 Å². The van der Waals surface area contributed by atoms with Crippen LogP contribution in [0.4, 0.5) is 5.95 Å². The van der Waals surface area contributed by atoms with Gasteiger partial charge < -0.3 is 10.2 Å². The molecule has 0 radical (unpaired) electrons. The molecule has 1 aromatic rings. The van der Waals surface area contributed by atoms with E-state index in [1.807, 2.05) is 14.0 Å². The summed E-state index contributed by atoms with van der Waals surface area (Å²) in [5, 5.41) is 3.61. The lowest BCUT2D eigenvalue weighted by atomic mass is 9.88. The maximum absolute atomic E-state index is 12.1. The summed E-state index contributed by atoms with van der Waals surface area (Å²) in [6, 6.07) is 2.51. The predicted octanol–water partition coefficient (Wildman–Crippen LogP) is 3.38. The molecule has 0 aliphatic carbocycles. The lowest BCUT2D eigenvalue weighted by Gasteiger charge is -2.47. The summed E-state index contributed by atoms with van der Waals surface area (Å²) in [5.41, 5.74) is 0. The number of halogens is 2. The second-order valence-corrected chi connectivity index (χ2v) is 7.57. The average Bonchev–Trinajstić information content (AvgIpc) is 2.60. The zero-order valence-corrected chi connectivity index (χ0v) is 17.5. The minimum atomic E-state index is 0.0983. The van der Waals surface area contributed by atoms with Gasteiger partial charge in [-0.25, -0.2) is 9.97 Å². The van der Waals surface area contributed by atoms with Crippen molar-refractivity contribution >= 4 is 35.1 Å². The molecule has 1 aromatic heterocycles. The Kier molecular flexibility index (Phi) is 7.92. The molecule has 2 rings (SSSR count). The number of aromatic nitrogens is 2. The molecule has 3 atom stereocenters. The van der Waals surface area contributed by atoms with Crippen LogP contribution in [0.5, 0.6) is 0 Å². The van der Waals surface area contributed by atoms with Crippen LogP contribution >= 0.6 is 23.2 Å². The number of hydrogen-bond acceptors (Lipinski definition) is 5. The average molecular weight is 402 g/mol. The Morgan fingerprint density at radius 1 is 1.19 bits per heavy atom. The predicted molar refractivity (Wildman–Crippen MR) is 107 cm³/mol. The molecule has 1 unspecified atom stereocenters. The zero-order valence-electron chi connectivity index (χ0n) is 16.0. The molecule has 8 heteroatoms. The third-order valence-electron chi connectivity index (χ3n) is 5.18. The van der Waals surface area contributed by atoms with Crippen LogP contribution in [0.25, 0.3) is 0 Å². The molecular weight excluding hydrogens is 373 g/mol. The molecule has 1 N–H and O–H groups in total. The highest BCUT2D eigenvalue weighted by Crippen LogP contribution is 2.31. The van der Waals surface area contributed by atoms with Crippen LogP contribution in [-0.2, 0) is 4.79 Å². The number of anilines is 1. The van der Waals surface area contributed by atoms with Crippen molar-refractivity contribution in [1.29, 1.82) is 0 Å². The van der Waals surface area contributed by atoms with Crippen LogP contribution in [0.2, 0.25) is 10.3 Å². The van der Waals surface area contributed by atoms with E-state index in [1.54, 1.807) is 6.07 Å². The molecule has 1 amide bonds. The number of nitrogens with one attached hydrogen (secondary N) is 1. The van der Waals surface area contributed by atoms with E-state index >= 15 is 0 Å². The number of carbonyl (C=O) groups is 1. The monoisotopic (exact) mass is 401 g/mol. The van der Waals surface area contributed by atoms with Gasteiger partial charge >= 0.3 is 0 Å². The first-order valence-corrected chi connectivity index (χ1v) is 10.1. The number of rotatable bonds is 7. The third-order valence-corrected chi connectivity index (χ3v) is 5.57. The van der Waals surface area contributed by atoms with Crippen molar-refractivity contribution in [1.82, 2.24) is 20.2 Å². The number of nitrogens with zero attached hydrogens (tertiary/aromatic N) is 4. The van der Waals surface area contributed by atoms with Crippen LogP contribution < -0.4 is 10.2 Å². The van der Waals surface area contributed by atoms with Crippen LogP contribution in [-0.4, -0.2) is 59.0 Å². The van der Waals surface area contributed by atoms with E-state index in [-0.39, 0.29) is 11.9 Å². The van der Waals surface area contributed by atoms with Crippen LogP contribution in [0.15, 0.2) is 6.07 Å². The molecule has 6 nitrogen and oxygen atoms in total. The highest BCUT2D eigenvalue weighted by molar-refractivity contribution is 6.33. The lowest BCUT2D eigenvalue weighted by Crippen LogP contribution is -2.56. The molecule has 26 heavy (non-hydrogen) atoms. The van der Waals surface area contributed by atoms with Crippen LogP contribution in [0.1, 0.15) is 46.5 Å². The van der Waals surface area contributed by atoms with Gasteiger partial charge in [-0.3, -0.25) is 9.69 Å². The molecule has 1 saturated heterocycles. The summed E-state index contributed by atoms with van der Waals surface area (Å²) in [5.74, 6) is 0.649. The van der Waals surface area contributed by atoms with Gasteiger partial charge in [0.2, 0.25) is 11.9 Å². The van der Waals surface area contributed by atoms with Crippen molar-refractivity contribution < 1.29 is 4.79 Å². The number of hydrogen-bond donors (Lipinski definition) is 1. The second-order valence-electron chi connectivity index (χ2n) is 6.80. The summed E-state index contributed by atoms with van der Waals surface area (Å²) in [7, 11) is 1.99. The summed E-state index contributed by atoms with van der Waals surface area (Å²) in [4.78, 5) is 25.2. The van der Waals surface area contributed by atoms with Crippen LogP contribution in [0.3, 0.4) is 0 Å². The van der Waals surface area contributed by atoms with E-state index < -0.39 is 0 Å². The number of piperidine rings is 1. The van der Waals surface area contributed by atoms with Crippen LogP contribution in [0, 0.1) is 0 Å². The van der Waals surface area contributed by atoms with Gasteiger partial charge in [-0.1, -0.05) is 37.0 Å². The van der Waals surface area contributed by atoms with E-state index in [4.69, 9.17) is 23.2 Å². The number of likely N-dealkylation sites (tertiary alicyclic amines) is 1. The van der Waals surface area contributed by atoms with Crippen molar-refractivity contribution in [2.75, 3.05) is 25.0 Å².